The van der Waals surface area contributed by atoms with E-state index in [-0.39, 0.29) is 17.2 Å². The number of likely N-dealkylation sites (tertiary alicyclic amines) is 1. The molecule has 0 N–H and O–H groups in total. The van der Waals surface area contributed by atoms with Gasteiger partial charge in [-0.15, -0.1) is 0 Å². The molecular formula is C18H33N3O2. The average molecular weight is 323 g/mol. The molecule has 23 heavy (non-hydrogen) atoms. The number of nitrogens with zero attached hydrogens (tertiary/aromatic N) is 3. The number of rotatable bonds is 6. The van der Waals surface area contributed by atoms with Crippen molar-refractivity contribution in [3.63, 3.8) is 0 Å². The summed E-state index contributed by atoms with van der Waals surface area (Å²) in [5.74, 6) is 0. The second kappa shape index (κ2) is 7.48. The average Bonchev–Trinajstić information content (AvgIpc) is 2.96. The number of hydrogen-bond acceptors (Lipinski definition) is 5. The van der Waals surface area contributed by atoms with E-state index in [9.17, 15) is 5.26 Å². The van der Waals surface area contributed by atoms with Gasteiger partial charge in [-0.25, -0.2) is 0 Å². The van der Waals surface area contributed by atoms with Gasteiger partial charge < -0.3 is 9.47 Å². The van der Waals surface area contributed by atoms with Gasteiger partial charge in [-0.1, -0.05) is 0 Å². The lowest BCUT2D eigenvalue weighted by Gasteiger charge is -2.45. The molecule has 0 saturated carbocycles. The number of hydrogen-bond donors (Lipinski definition) is 0. The lowest BCUT2D eigenvalue weighted by atomic mass is 9.81. The Morgan fingerprint density at radius 2 is 2.17 bits per heavy atom. The van der Waals surface area contributed by atoms with Gasteiger partial charge >= 0.3 is 0 Å². The van der Waals surface area contributed by atoms with E-state index >= 15 is 0 Å². The lowest BCUT2D eigenvalue weighted by Crippen LogP contribution is -2.55. The number of ether oxygens (including phenoxy) is 2. The van der Waals surface area contributed by atoms with Gasteiger partial charge in [0.2, 0.25) is 0 Å². The fourth-order valence-corrected chi connectivity index (χ4v) is 3.88. The number of likely N-dealkylation sites (N-methyl/N-ethyl adjacent to an activating group) is 1. The van der Waals surface area contributed by atoms with Crippen molar-refractivity contribution in [2.75, 3.05) is 39.9 Å². The molecule has 0 amide bonds. The molecule has 132 valence electrons. The molecule has 5 heteroatoms. The molecule has 2 atom stereocenters. The van der Waals surface area contributed by atoms with Gasteiger partial charge in [-0.3, -0.25) is 9.80 Å². The highest BCUT2D eigenvalue weighted by atomic mass is 16.5. The summed E-state index contributed by atoms with van der Waals surface area (Å²) in [5, 5.41) is 9.88. The van der Waals surface area contributed by atoms with Gasteiger partial charge in [-0.2, -0.15) is 5.26 Å². The first-order chi connectivity index (χ1) is 10.8. The molecule has 0 bridgehead atoms. The molecule has 5 nitrogen and oxygen atoms in total. The topological polar surface area (TPSA) is 48.7 Å². The quantitative estimate of drug-likeness (QED) is 0.750. The maximum atomic E-state index is 9.88. The number of nitriles is 1. The smallest absolute Gasteiger partial charge is 0.114 e. The van der Waals surface area contributed by atoms with Crippen molar-refractivity contribution in [1.82, 2.24) is 9.80 Å². The van der Waals surface area contributed by atoms with Crippen LogP contribution in [0.15, 0.2) is 0 Å². The normalized spacial score (nSPS) is 31.7. The fraction of sp³-hybridized carbons (Fsp3) is 0.944. The Bertz CT molecular complexity index is 432. The molecular weight excluding hydrogens is 290 g/mol. The molecule has 0 radical (unpaired) electrons. The molecule has 2 fully saturated rings. The van der Waals surface area contributed by atoms with Crippen molar-refractivity contribution in [3.8, 4) is 6.07 Å². The third-order valence-corrected chi connectivity index (χ3v) is 5.22. The second-order valence-electron chi connectivity index (χ2n) is 7.97. The molecule has 0 aromatic heterocycles. The molecule has 2 rings (SSSR count). The van der Waals surface area contributed by atoms with Crippen molar-refractivity contribution in [3.05, 3.63) is 0 Å². The summed E-state index contributed by atoms with van der Waals surface area (Å²) < 4.78 is 11.5. The monoisotopic (exact) mass is 323 g/mol. The molecule has 0 aromatic rings. The zero-order valence-electron chi connectivity index (χ0n) is 15.5. The summed E-state index contributed by atoms with van der Waals surface area (Å²) in [6.07, 6.45) is 3.03. The molecule has 0 aliphatic carbocycles. The summed E-state index contributed by atoms with van der Waals surface area (Å²) in [6, 6.07) is 3.15. The van der Waals surface area contributed by atoms with E-state index in [0.29, 0.717) is 12.6 Å². The van der Waals surface area contributed by atoms with Crippen LogP contribution in [0.3, 0.4) is 0 Å². The maximum Gasteiger partial charge on any atom is 0.114 e. The van der Waals surface area contributed by atoms with Crippen LogP contribution in [0.5, 0.6) is 0 Å². The van der Waals surface area contributed by atoms with Crippen molar-refractivity contribution in [2.24, 2.45) is 0 Å². The SMILES string of the molecule is CC(C)OCCN(C)C1CCN(C2(C#N)CCOC(C)(C)C2)C1. The van der Waals surface area contributed by atoms with Crippen LogP contribution >= 0.6 is 0 Å². The van der Waals surface area contributed by atoms with Crippen LogP contribution in [-0.4, -0.2) is 73.0 Å². The largest absolute Gasteiger partial charge is 0.377 e. The zero-order valence-corrected chi connectivity index (χ0v) is 15.5. The highest BCUT2D eigenvalue weighted by Crippen LogP contribution is 2.38. The fourth-order valence-electron chi connectivity index (χ4n) is 3.88. The molecule has 2 saturated heterocycles. The van der Waals surface area contributed by atoms with Crippen LogP contribution in [0.2, 0.25) is 0 Å². The summed E-state index contributed by atoms with van der Waals surface area (Å²) in [4.78, 5) is 4.79. The zero-order chi connectivity index (χ0) is 17.1. The third-order valence-electron chi connectivity index (χ3n) is 5.22. The summed E-state index contributed by atoms with van der Waals surface area (Å²) in [6.45, 7) is 12.7. The van der Waals surface area contributed by atoms with Gasteiger partial charge in [0.1, 0.15) is 5.54 Å². The first kappa shape index (κ1) is 18.7. The van der Waals surface area contributed by atoms with Gasteiger partial charge in [-0.05, 0) is 41.2 Å². The van der Waals surface area contributed by atoms with Crippen LogP contribution < -0.4 is 0 Å². The summed E-state index contributed by atoms with van der Waals surface area (Å²) >= 11 is 0. The minimum atomic E-state index is -0.355. The third kappa shape index (κ3) is 4.67. The van der Waals surface area contributed by atoms with E-state index in [2.05, 4.69) is 50.6 Å². The standard InChI is InChI=1S/C18H33N3O2/c1-15(2)22-11-9-20(5)16-6-8-21(12-16)18(14-19)7-10-23-17(3,4)13-18/h15-16H,6-13H2,1-5H3. The first-order valence-electron chi connectivity index (χ1n) is 8.90. The predicted octanol–water partition coefficient (Wildman–Crippen LogP) is 2.27. The van der Waals surface area contributed by atoms with Crippen molar-refractivity contribution in [2.45, 2.75) is 70.2 Å². The van der Waals surface area contributed by atoms with Gasteiger partial charge in [0.25, 0.3) is 0 Å². The highest BCUT2D eigenvalue weighted by Gasteiger charge is 2.47. The molecule has 0 spiro atoms. The minimum absolute atomic E-state index is 0.205. The Labute approximate surface area is 141 Å². The van der Waals surface area contributed by atoms with E-state index in [4.69, 9.17) is 9.47 Å². The Kier molecular flexibility index (Phi) is 6.07. The highest BCUT2D eigenvalue weighted by molar-refractivity contribution is 5.14. The predicted molar refractivity (Wildman–Crippen MR) is 91.3 cm³/mol. The van der Waals surface area contributed by atoms with Crippen LogP contribution in [0.25, 0.3) is 0 Å². The van der Waals surface area contributed by atoms with E-state index in [1.54, 1.807) is 0 Å². The Morgan fingerprint density at radius 3 is 2.78 bits per heavy atom. The molecule has 0 aromatic carbocycles. The van der Waals surface area contributed by atoms with Gasteiger partial charge in [0, 0.05) is 38.5 Å². The van der Waals surface area contributed by atoms with E-state index < -0.39 is 0 Å². The molecule has 2 heterocycles. The van der Waals surface area contributed by atoms with Gasteiger partial charge in [0.05, 0.1) is 31.0 Å². The lowest BCUT2D eigenvalue weighted by molar-refractivity contribution is -0.100. The van der Waals surface area contributed by atoms with Crippen LogP contribution in [0, 0.1) is 11.3 Å². The second-order valence-corrected chi connectivity index (χ2v) is 7.97. The van der Waals surface area contributed by atoms with Crippen LogP contribution in [0.1, 0.15) is 47.0 Å². The van der Waals surface area contributed by atoms with Crippen molar-refractivity contribution < 1.29 is 9.47 Å². The molecule has 2 aliphatic rings. The van der Waals surface area contributed by atoms with E-state index in [0.717, 1.165) is 45.5 Å². The van der Waals surface area contributed by atoms with Crippen molar-refractivity contribution >= 4 is 0 Å². The molecule has 2 aliphatic heterocycles. The van der Waals surface area contributed by atoms with Crippen molar-refractivity contribution in [1.29, 1.82) is 5.26 Å². The van der Waals surface area contributed by atoms with Gasteiger partial charge in [0.15, 0.2) is 0 Å². The Hall–Kier alpha value is -0.670. The Balaban J connectivity index is 1.92. The van der Waals surface area contributed by atoms with Crippen LogP contribution in [0.4, 0.5) is 0 Å². The van der Waals surface area contributed by atoms with Crippen LogP contribution in [-0.2, 0) is 9.47 Å². The first-order valence-corrected chi connectivity index (χ1v) is 8.90. The molecule has 2 unspecified atom stereocenters. The van der Waals surface area contributed by atoms with E-state index in [1.165, 1.54) is 0 Å². The summed E-state index contributed by atoms with van der Waals surface area (Å²) in [7, 11) is 2.17. The maximum absolute atomic E-state index is 9.88. The van der Waals surface area contributed by atoms with E-state index in [1.807, 2.05) is 0 Å². The Morgan fingerprint density at radius 1 is 1.43 bits per heavy atom. The summed E-state index contributed by atoms with van der Waals surface area (Å²) in [5.41, 5.74) is -0.561. The minimum Gasteiger partial charge on any atom is -0.377 e.